The maximum absolute atomic E-state index is 2.37. The smallest absolute Gasteiger partial charge is 0.0132 e. The van der Waals surface area contributed by atoms with Crippen molar-refractivity contribution in [3.05, 3.63) is 35.4 Å². The second-order valence-electron chi connectivity index (χ2n) is 12.8. The van der Waals surface area contributed by atoms with Gasteiger partial charge in [0.1, 0.15) is 0 Å². The van der Waals surface area contributed by atoms with E-state index in [4.69, 9.17) is 0 Å². The van der Waals surface area contributed by atoms with E-state index >= 15 is 0 Å². The van der Waals surface area contributed by atoms with Crippen LogP contribution in [-0.4, -0.2) is 0 Å². The van der Waals surface area contributed by atoms with E-state index in [0.29, 0.717) is 0 Å². The Morgan fingerprint density at radius 3 is 0.733 bits per heavy atom. The van der Waals surface area contributed by atoms with Crippen molar-refractivity contribution in [2.75, 3.05) is 0 Å². The molecule has 2 aliphatic rings. The quantitative estimate of drug-likeness (QED) is 0.396. The first-order valence-electron chi connectivity index (χ1n) is 12.9. The summed E-state index contributed by atoms with van der Waals surface area (Å²) in [6.07, 6.45) is 11.8. The maximum Gasteiger partial charge on any atom is -0.0132 e. The third-order valence-electron chi connectivity index (χ3n) is 7.23. The summed E-state index contributed by atoms with van der Waals surface area (Å²) in [7, 11) is 0. The number of rotatable bonds is 0. The van der Waals surface area contributed by atoms with Gasteiger partial charge in [-0.1, -0.05) is 145 Å². The van der Waals surface area contributed by atoms with E-state index in [-0.39, 0.29) is 10.8 Å². The van der Waals surface area contributed by atoms with Gasteiger partial charge in [0.25, 0.3) is 0 Å². The summed E-state index contributed by atoms with van der Waals surface area (Å²) in [5.74, 6) is 4.08. The van der Waals surface area contributed by atoms with Gasteiger partial charge in [-0.05, 0) is 45.6 Å². The van der Waals surface area contributed by atoms with E-state index in [1.807, 2.05) is 0 Å². The third kappa shape index (κ3) is 11.0. The van der Waals surface area contributed by atoms with Gasteiger partial charge >= 0.3 is 0 Å². The van der Waals surface area contributed by atoms with E-state index in [9.17, 15) is 0 Å². The Bertz CT molecular complexity index is 477. The highest BCUT2D eigenvalue weighted by Gasteiger charge is 2.17. The average molecular weight is 415 g/mol. The highest BCUT2D eigenvalue weighted by molar-refractivity contribution is 5.30. The molecule has 0 bridgehead atoms. The minimum Gasteiger partial charge on any atom is -0.0625 e. The van der Waals surface area contributed by atoms with E-state index in [1.165, 1.54) is 62.5 Å². The minimum absolute atomic E-state index is 0.260. The molecule has 0 aliphatic heterocycles. The van der Waals surface area contributed by atoms with Gasteiger partial charge in [-0.3, -0.25) is 0 Å². The Morgan fingerprint density at radius 2 is 0.600 bits per heavy atom. The van der Waals surface area contributed by atoms with E-state index in [2.05, 4.69) is 93.5 Å². The highest BCUT2D eigenvalue weighted by atomic mass is 14.2. The van der Waals surface area contributed by atoms with Crippen molar-refractivity contribution in [2.45, 2.75) is 131 Å². The summed E-state index contributed by atoms with van der Waals surface area (Å²) in [4.78, 5) is 0. The van der Waals surface area contributed by atoms with Crippen LogP contribution in [0.25, 0.3) is 0 Å². The molecule has 0 heteroatoms. The molecule has 1 aromatic rings. The van der Waals surface area contributed by atoms with Crippen molar-refractivity contribution in [1.82, 2.24) is 0 Å². The van der Waals surface area contributed by atoms with Gasteiger partial charge in [0.05, 0.1) is 0 Å². The van der Waals surface area contributed by atoms with E-state index < -0.39 is 0 Å². The predicted octanol–water partition coefficient (Wildman–Crippen LogP) is 9.95. The molecule has 2 saturated carbocycles. The Balaban J connectivity index is 0.000000240. The molecule has 0 N–H and O–H groups in total. The molecule has 0 atom stereocenters. The van der Waals surface area contributed by atoms with Crippen LogP contribution in [0.15, 0.2) is 24.3 Å². The second kappa shape index (κ2) is 12.3. The summed E-state index contributed by atoms with van der Waals surface area (Å²) >= 11 is 0. The molecule has 0 unspecified atom stereocenters. The van der Waals surface area contributed by atoms with Crippen LogP contribution in [0.5, 0.6) is 0 Å². The topological polar surface area (TPSA) is 0 Å². The Labute approximate surface area is 190 Å². The molecule has 0 radical (unpaired) electrons. The Kier molecular flexibility index (Phi) is 11.2. The number of hydrogen-bond acceptors (Lipinski definition) is 0. The molecular formula is C30H54. The van der Waals surface area contributed by atoms with Crippen LogP contribution in [0, 0.1) is 23.7 Å². The molecule has 0 aromatic heterocycles. The lowest BCUT2D eigenvalue weighted by molar-refractivity contribution is 0.308. The average Bonchev–Trinajstić information content (AvgIpc) is 2.66. The summed E-state index contributed by atoms with van der Waals surface area (Å²) < 4.78 is 0. The van der Waals surface area contributed by atoms with Gasteiger partial charge in [-0.2, -0.15) is 0 Å². The molecule has 0 amide bonds. The molecule has 174 valence electrons. The van der Waals surface area contributed by atoms with Crippen molar-refractivity contribution in [3.63, 3.8) is 0 Å². The van der Waals surface area contributed by atoms with Crippen molar-refractivity contribution in [3.8, 4) is 0 Å². The van der Waals surface area contributed by atoms with Crippen LogP contribution < -0.4 is 0 Å². The van der Waals surface area contributed by atoms with Gasteiger partial charge in [0.15, 0.2) is 0 Å². The predicted molar refractivity (Wildman–Crippen MR) is 137 cm³/mol. The van der Waals surface area contributed by atoms with Crippen LogP contribution in [-0.2, 0) is 10.8 Å². The molecule has 2 fully saturated rings. The molecule has 30 heavy (non-hydrogen) atoms. The van der Waals surface area contributed by atoms with E-state index in [0.717, 1.165) is 23.7 Å². The first kappa shape index (κ1) is 27.3. The molecule has 3 rings (SSSR count). The lowest BCUT2D eigenvalue weighted by Crippen LogP contribution is -2.14. The van der Waals surface area contributed by atoms with Crippen molar-refractivity contribution < 1.29 is 0 Å². The normalized spacial score (nSPS) is 27.3. The van der Waals surface area contributed by atoms with Crippen LogP contribution in [0.2, 0.25) is 0 Å². The van der Waals surface area contributed by atoms with Crippen LogP contribution in [0.3, 0.4) is 0 Å². The summed E-state index contributed by atoms with van der Waals surface area (Å²) in [6.45, 7) is 23.0. The molecule has 2 aliphatic carbocycles. The Morgan fingerprint density at radius 1 is 0.433 bits per heavy atom. The maximum atomic E-state index is 2.37. The zero-order chi connectivity index (χ0) is 22.9. The van der Waals surface area contributed by atoms with Gasteiger partial charge < -0.3 is 0 Å². The summed E-state index contributed by atoms with van der Waals surface area (Å²) in [6, 6.07) is 9.00. The summed E-state index contributed by atoms with van der Waals surface area (Å²) in [5.41, 5.74) is 3.34. The monoisotopic (exact) mass is 414 g/mol. The molecule has 1 aromatic carbocycles. The van der Waals surface area contributed by atoms with Crippen molar-refractivity contribution >= 4 is 0 Å². The first-order chi connectivity index (χ1) is 13.8. The lowest BCUT2D eigenvalue weighted by Gasteiger charge is -2.23. The fourth-order valence-corrected chi connectivity index (χ4v) is 4.32. The largest absolute Gasteiger partial charge is 0.0625 e. The SMILES string of the molecule is CC(C)(C)c1ccc(C(C)(C)C)cc1.CC1CCC(C)CC1.CC1CCC(C)CC1. The first-order valence-corrected chi connectivity index (χ1v) is 12.9. The zero-order valence-corrected chi connectivity index (χ0v) is 22.3. The van der Waals surface area contributed by atoms with Crippen LogP contribution in [0.4, 0.5) is 0 Å². The standard InChI is InChI=1S/C14H22.2C8H16/c1-13(2,3)11-7-9-12(10-8-11)14(4,5)6;2*1-7-3-5-8(2)6-4-7/h7-10H,1-6H3;2*7-8H,3-6H2,1-2H3. The van der Waals surface area contributed by atoms with Crippen molar-refractivity contribution in [1.29, 1.82) is 0 Å². The molecular weight excluding hydrogens is 360 g/mol. The zero-order valence-electron chi connectivity index (χ0n) is 22.3. The lowest BCUT2D eigenvalue weighted by atomic mass is 9.82. The molecule has 0 saturated heterocycles. The molecule has 0 heterocycles. The summed E-state index contributed by atoms with van der Waals surface area (Å²) in [5, 5.41) is 0. The molecule has 0 spiro atoms. The van der Waals surface area contributed by atoms with Crippen LogP contribution in [0.1, 0.15) is 132 Å². The minimum atomic E-state index is 0.260. The number of benzene rings is 1. The van der Waals surface area contributed by atoms with E-state index in [1.54, 1.807) is 0 Å². The Hall–Kier alpha value is -0.780. The van der Waals surface area contributed by atoms with Crippen LogP contribution >= 0.6 is 0 Å². The van der Waals surface area contributed by atoms with Gasteiger partial charge in [-0.15, -0.1) is 0 Å². The van der Waals surface area contributed by atoms with Gasteiger partial charge in [-0.25, -0.2) is 0 Å². The van der Waals surface area contributed by atoms with Gasteiger partial charge in [0, 0.05) is 0 Å². The van der Waals surface area contributed by atoms with Crippen molar-refractivity contribution in [2.24, 2.45) is 23.7 Å². The fourth-order valence-electron chi connectivity index (χ4n) is 4.32. The third-order valence-corrected chi connectivity index (χ3v) is 7.23. The van der Waals surface area contributed by atoms with Gasteiger partial charge in [0.2, 0.25) is 0 Å². The highest BCUT2D eigenvalue weighted by Crippen LogP contribution is 2.28. The number of hydrogen-bond donors (Lipinski definition) is 0. The molecule has 0 nitrogen and oxygen atoms in total. The fraction of sp³-hybridized carbons (Fsp3) is 0.800. The second-order valence-corrected chi connectivity index (χ2v) is 12.8.